The topological polar surface area (TPSA) is 37.3 Å². The van der Waals surface area contributed by atoms with Crippen LogP contribution < -0.4 is 0 Å². The fourth-order valence-electron chi connectivity index (χ4n) is 1.67. The van der Waals surface area contributed by atoms with E-state index >= 15 is 0 Å². The molecule has 0 aliphatic rings. The number of benzene rings is 1. The van der Waals surface area contributed by atoms with Crippen LogP contribution in [0.25, 0.3) is 0 Å². The fourth-order valence-corrected chi connectivity index (χ4v) is 2.35. The lowest BCUT2D eigenvalue weighted by Crippen LogP contribution is -2.00. The Labute approximate surface area is 98.2 Å². The molecule has 1 heterocycles. The largest absolute Gasteiger partial charge is 0.507 e. The van der Waals surface area contributed by atoms with Gasteiger partial charge in [-0.25, -0.2) is 0 Å². The molecule has 1 N–H and O–H groups in total. The Bertz CT molecular complexity index is 527. The van der Waals surface area contributed by atoms with E-state index in [0.29, 0.717) is 10.4 Å². The zero-order valence-electron chi connectivity index (χ0n) is 9.15. The molecule has 0 fully saturated rings. The minimum atomic E-state index is -0.112. The average molecular weight is 232 g/mol. The van der Waals surface area contributed by atoms with Crippen molar-refractivity contribution < 1.29 is 9.90 Å². The predicted molar refractivity (Wildman–Crippen MR) is 65.3 cm³/mol. The van der Waals surface area contributed by atoms with Gasteiger partial charge in [0.15, 0.2) is 0 Å². The summed E-state index contributed by atoms with van der Waals surface area (Å²) in [6.07, 6.45) is 0. The van der Waals surface area contributed by atoms with E-state index < -0.39 is 0 Å². The summed E-state index contributed by atoms with van der Waals surface area (Å²) in [5.41, 5.74) is 2.11. The molecule has 1 aromatic carbocycles. The van der Waals surface area contributed by atoms with Crippen molar-refractivity contribution in [3.8, 4) is 5.75 Å². The number of thiophene rings is 1. The Hall–Kier alpha value is -1.61. The Kier molecular flexibility index (Phi) is 2.79. The van der Waals surface area contributed by atoms with Gasteiger partial charge in [0.25, 0.3) is 0 Å². The van der Waals surface area contributed by atoms with Crippen molar-refractivity contribution in [2.75, 3.05) is 0 Å². The van der Waals surface area contributed by atoms with Crippen LogP contribution in [0.5, 0.6) is 5.75 Å². The molecule has 0 spiro atoms. The molecule has 0 aliphatic heterocycles. The van der Waals surface area contributed by atoms with Crippen LogP contribution in [0.15, 0.2) is 29.6 Å². The third-order valence-electron chi connectivity index (χ3n) is 2.43. The lowest BCUT2D eigenvalue weighted by molar-refractivity contribution is 0.104. The molecule has 2 aromatic rings. The number of carbonyl (C=O) groups excluding carboxylic acids is 1. The number of carbonyl (C=O) groups is 1. The summed E-state index contributed by atoms with van der Waals surface area (Å²) in [5, 5.41) is 11.7. The van der Waals surface area contributed by atoms with Crippen LogP contribution in [0.2, 0.25) is 0 Å². The van der Waals surface area contributed by atoms with Gasteiger partial charge in [-0.15, -0.1) is 11.3 Å². The van der Waals surface area contributed by atoms with E-state index in [1.807, 2.05) is 24.4 Å². The Morgan fingerprint density at radius 1 is 1.31 bits per heavy atom. The molecule has 82 valence electrons. The Morgan fingerprint density at radius 3 is 2.69 bits per heavy atom. The van der Waals surface area contributed by atoms with E-state index in [4.69, 9.17) is 0 Å². The number of aromatic hydroxyl groups is 1. The van der Waals surface area contributed by atoms with Gasteiger partial charge in [-0.05, 0) is 42.5 Å². The molecule has 0 unspecified atom stereocenters. The van der Waals surface area contributed by atoms with Gasteiger partial charge in [-0.1, -0.05) is 12.1 Å². The highest BCUT2D eigenvalue weighted by molar-refractivity contribution is 7.12. The van der Waals surface area contributed by atoms with Gasteiger partial charge in [-0.3, -0.25) is 4.79 Å². The lowest BCUT2D eigenvalue weighted by Gasteiger charge is -2.06. The second-order valence-electron chi connectivity index (χ2n) is 3.78. The average Bonchev–Trinajstić information content (AvgIpc) is 2.75. The van der Waals surface area contributed by atoms with Gasteiger partial charge in [0.1, 0.15) is 5.75 Å². The third-order valence-corrected chi connectivity index (χ3v) is 3.30. The number of hydrogen-bond acceptors (Lipinski definition) is 3. The van der Waals surface area contributed by atoms with E-state index in [0.717, 1.165) is 11.1 Å². The van der Waals surface area contributed by atoms with Gasteiger partial charge in [0.2, 0.25) is 5.78 Å². The monoisotopic (exact) mass is 232 g/mol. The number of aryl methyl sites for hydroxylation is 2. The molecule has 0 atom stereocenters. The van der Waals surface area contributed by atoms with Crippen molar-refractivity contribution in [2.24, 2.45) is 0 Å². The van der Waals surface area contributed by atoms with Crippen LogP contribution in [0.1, 0.15) is 26.4 Å². The SMILES string of the molecule is Cc1cc(C)c(O)c(C(=O)c2cccs2)c1. The van der Waals surface area contributed by atoms with E-state index in [2.05, 4.69) is 0 Å². The highest BCUT2D eigenvalue weighted by Crippen LogP contribution is 2.27. The maximum Gasteiger partial charge on any atom is 0.206 e. The minimum absolute atomic E-state index is 0.0870. The molecular formula is C13H12O2S. The van der Waals surface area contributed by atoms with Crippen LogP contribution >= 0.6 is 11.3 Å². The maximum atomic E-state index is 12.1. The van der Waals surface area contributed by atoms with Crippen molar-refractivity contribution in [1.82, 2.24) is 0 Å². The molecule has 0 aliphatic carbocycles. The molecule has 1 aromatic heterocycles. The minimum Gasteiger partial charge on any atom is -0.507 e. The first-order chi connectivity index (χ1) is 7.59. The van der Waals surface area contributed by atoms with Crippen molar-refractivity contribution in [2.45, 2.75) is 13.8 Å². The quantitative estimate of drug-likeness (QED) is 0.807. The van der Waals surface area contributed by atoms with Gasteiger partial charge in [0, 0.05) is 0 Å². The summed E-state index contributed by atoms with van der Waals surface area (Å²) < 4.78 is 0. The molecule has 0 saturated carbocycles. The van der Waals surface area contributed by atoms with Crippen molar-refractivity contribution in [3.05, 3.63) is 51.2 Å². The van der Waals surface area contributed by atoms with Gasteiger partial charge in [0.05, 0.1) is 10.4 Å². The van der Waals surface area contributed by atoms with Crippen molar-refractivity contribution >= 4 is 17.1 Å². The first-order valence-corrected chi connectivity index (χ1v) is 5.86. The first-order valence-electron chi connectivity index (χ1n) is 4.98. The van der Waals surface area contributed by atoms with Crippen LogP contribution in [0.3, 0.4) is 0 Å². The lowest BCUT2D eigenvalue weighted by atomic mass is 10.0. The van der Waals surface area contributed by atoms with E-state index in [-0.39, 0.29) is 11.5 Å². The molecule has 0 saturated heterocycles. The normalized spacial score (nSPS) is 10.4. The van der Waals surface area contributed by atoms with Crippen molar-refractivity contribution in [1.29, 1.82) is 0 Å². The standard InChI is InChI=1S/C13H12O2S/c1-8-6-9(2)12(14)10(7-8)13(15)11-4-3-5-16-11/h3-7,14H,1-2H3. The number of phenolic OH excluding ortho intramolecular Hbond substituents is 1. The van der Waals surface area contributed by atoms with Crippen LogP contribution in [0, 0.1) is 13.8 Å². The molecule has 0 radical (unpaired) electrons. The molecule has 2 nitrogen and oxygen atoms in total. The van der Waals surface area contributed by atoms with Gasteiger partial charge < -0.3 is 5.11 Å². The van der Waals surface area contributed by atoms with Crippen LogP contribution in [0.4, 0.5) is 0 Å². The summed E-state index contributed by atoms with van der Waals surface area (Å²) in [6.45, 7) is 3.71. The highest BCUT2D eigenvalue weighted by atomic mass is 32.1. The second-order valence-corrected chi connectivity index (χ2v) is 4.73. The number of rotatable bonds is 2. The fraction of sp³-hybridized carbons (Fsp3) is 0.154. The first kappa shape index (κ1) is 10.9. The molecule has 2 rings (SSSR count). The molecular weight excluding hydrogens is 220 g/mol. The summed E-state index contributed by atoms with van der Waals surface area (Å²) in [5.74, 6) is -0.0247. The predicted octanol–water partition coefficient (Wildman–Crippen LogP) is 3.30. The number of hydrogen-bond donors (Lipinski definition) is 1. The van der Waals surface area contributed by atoms with E-state index in [9.17, 15) is 9.90 Å². The zero-order chi connectivity index (χ0) is 11.7. The number of ketones is 1. The third kappa shape index (κ3) is 1.86. The van der Waals surface area contributed by atoms with E-state index in [1.165, 1.54) is 11.3 Å². The van der Waals surface area contributed by atoms with Crippen LogP contribution in [-0.4, -0.2) is 10.9 Å². The summed E-state index contributed by atoms with van der Waals surface area (Å²) in [7, 11) is 0. The maximum absolute atomic E-state index is 12.1. The number of phenols is 1. The Balaban J connectivity index is 2.52. The summed E-state index contributed by atoms with van der Waals surface area (Å²) >= 11 is 1.39. The molecule has 16 heavy (non-hydrogen) atoms. The Morgan fingerprint density at radius 2 is 2.06 bits per heavy atom. The summed E-state index contributed by atoms with van der Waals surface area (Å²) in [6, 6.07) is 7.19. The highest BCUT2D eigenvalue weighted by Gasteiger charge is 2.16. The van der Waals surface area contributed by atoms with Crippen LogP contribution in [-0.2, 0) is 0 Å². The summed E-state index contributed by atoms with van der Waals surface area (Å²) in [4.78, 5) is 12.7. The zero-order valence-corrected chi connectivity index (χ0v) is 9.97. The second kappa shape index (κ2) is 4.10. The smallest absolute Gasteiger partial charge is 0.206 e. The van der Waals surface area contributed by atoms with Gasteiger partial charge >= 0.3 is 0 Å². The molecule has 0 bridgehead atoms. The molecule has 0 amide bonds. The van der Waals surface area contributed by atoms with Crippen molar-refractivity contribution in [3.63, 3.8) is 0 Å². The van der Waals surface area contributed by atoms with Gasteiger partial charge in [-0.2, -0.15) is 0 Å². The molecule has 3 heteroatoms. The van der Waals surface area contributed by atoms with E-state index in [1.54, 1.807) is 19.1 Å².